The molecule has 1 saturated heterocycles. The number of carbonyl (C=O) groups is 3. The first kappa shape index (κ1) is 26.0. The summed E-state index contributed by atoms with van der Waals surface area (Å²) in [6.07, 6.45) is 11.0. The maximum absolute atomic E-state index is 13.0. The van der Waals surface area contributed by atoms with Crippen molar-refractivity contribution in [1.29, 1.82) is 0 Å². The monoisotopic (exact) mass is 521 g/mol. The van der Waals surface area contributed by atoms with Gasteiger partial charge in [0.25, 0.3) is 5.91 Å². The molecule has 4 N–H and O–H groups in total. The molecule has 38 heavy (non-hydrogen) atoms. The number of nitrogens with zero attached hydrogens (tertiary/aromatic N) is 1. The third kappa shape index (κ3) is 5.15. The van der Waals surface area contributed by atoms with Gasteiger partial charge >= 0.3 is 0 Å². The van der Waals surface area contributed by atoms with Crippen LogP contribution in [-0.4, -0.2) is 66.9 Å². The molecule has 7 rings (SSSR count). The number of imide groups is 1. The summed E-state index contributed by atoms with van der Waals surface area (Å²) in [7, 11) is 0. The fourth-order valence-corrected chi connectivity index (χ4v) is 8.36. The number of piperidine rings is 1. The molecule has 0 aromatic heterocycles. The van der Waals surface area contributed by atoms with E-state index in [0.717, 1.165) is 75.3 Å². The van der Waals surface area contributed by atoms with Crippen molar-refractivity contribution in [2.75, 3.05) is 32.7 Å². The maximum atomic E-state index is 13.0. The van der Waals surface area contributed by atoms with Crippen LogP contribution in [0.1, 0.15) is 79.3 Å². The summed E-state index contributed by atoms with van der Waals surface area (Å²) in [5.41, 5.74) is 3.42. The molecule has 6 aliphatic rings. The lowest BCUT2D eigenvalue weighted by molar-refractivity contribution is -0.136. The zero-order valence-corrected chi connectivity index (χ0v) is 22.5. The largest absolute Gasteiger partial charge is 0.322 e. The zero-order chi connectivity index (χ0) is 26.1. The van der Waals surface area contributed by atoms with Gasteiger partial charge in [-0.3, -0.25) is 19.7 Å². The third-order valence-corrected chi connectivity index (χ3v) is 9.95. The van der Waals surface area contributed by atoms with Gasteiger partial charge in [-0.25, -0.2) is 0 Å². The van der Waals surface area contributed by atoms with E-state index in [0.29, 0.717) is 24.1 Å². The second kappa shape index (κ2) is 11.1. The molecule has 4 saturated carbocycles. The van der Waals surface area contributed by atoms with E-state index in [1.807, 2.05) is 12.1 Å². The molecule has 8 nitrogen and oxygen atoms in total. The van der Waals surface area contributed by atoms with Crippen LogP contribution in [0.5, 0.6) is 0 Å². The summed E-state index contributed by atoms with van der Waals surface area (Å²) in [6.45, 7) is 5.59. The van der Waals surface area contributed by atoms with Crippen molar-refractivity contribution < 1.29 is 14.4 Å². The Hall–Kier alpha value is -2.29. The summed E-state index contributed by atoms with van der Waals surface area (Å²) in [5, 5.41) is 13.5. The van der Waals surface area contributed by atoms with E-state index in [-0.39, 0.29) is 24.1 Å². The molecule has 206 valence electrons. The number of rotatable bonds is 13. The summed E-state index contributed by atoms with van der Waals surface area (Å²) >= 11 is 0. The van der Waals surface area contributed by atoms with Crippen LogP contribution in [-0.2, 0) is 22.6 Å². The Bertz CT molecular complexity index is 1060. The highest BCUT2D eigenvalue weighted by molar-refractivity contribution is 6.05. The van der Waals surface area contributed by atoms with Crippen LogP contribution in [0.4, 0.5) is 0 Å². The standard InChI is InChI=1S/C30H43N5O3/c36-27-8-7-26(28(37)34-27)35-19-25-22(4-1-6-24(25)29(35)38)5-2-9-31-10-3-11-32-12-13-33-30-17-20-14-21(18-30)16-23(30)15-20/h1,4,6,20-21,23,26,31-33H,2-3,5,7-19H2,(H,34,36,37). The lowest BCUT2D eigenvalue weighted by Gasteiger charge is -2.34. The second-order valence-corrected chi connectivity index (χ2v) is 12.4. The molecule has 4 aliphatic carbocycles. The minimum atomic E-state index is -0.556. The Labute approximate surface area is 226 Å². The number of aryl methyl sites for hydroxylation is 1. The Morgan fingerprint density at radius 2 is 1.68 bits per heavy atom. The fraction of sp³-hybridized carbons (Fsp3) is 0.700. The molecule has 0 spiro atoms. The quantitative estimate of drug-likeness (QED) is 0.234. The van der Waals surface area contributed by atoms with Gasteiger partial charge in [0, 0.05) is 37.2 Å². The van der Waals surface area contributed by atoms with Crippen molar-refractivity contribution >= 4 is 17.7 Å². The Balaban J connectivity index is 0.850. The summed E-state index contributed by atoms with van der Waals surface area (Å²) in [6, 6.07) is 5.34. The molecule has 8 heteroatoms. The van der Waals surface area contributed by atoms with Gasteiger partial charge in [0.1, 0.15) is 6.04 Å². The van der Waals surface area contributed by atoms with Crippen LogP contribution in [0.25, 0.3) is 0 Å². The SMILES string of the molecule is O=C1CCC(N2Cc3c(CCCNCCCNCCNC45CC6CC(CC4C6)C5)cccc3C2=O)C(=O)N1. The van der Waals surface area contributed by atoms with Crippen molar-refractivity contribution in [2.24, 2.45) is 17.8 Å². The van der Waals surface area contributed by atoms with E-state index in [9.17, 15) is 14.4 Å². The van der Waals surface area contributed by atoms with Crippen LogP contribution in [0.2, 0.25) is 0 Å². The Morgan fingerprint density at radius 3 is 2.47 bits per heavy atom. The summed E-state index contributed by atoms with van der Waals surface area (Å²) < 4.78 is 0. The number of benzene rings is 1. The number of carbonyl (C=O) groups excluding carboxylic acids is 3. The average molecular weight is 522 g/mol. The van der Waals surface area contributed by atoms with Gasteiger partial charge in [-0.1, -0.05) is 12.1 Å². The highest BCUT2D eigenvalue weighted by Crippen LogP contribution is 2.60. The van der Waals surface area contributed by atoms with Gasteiger partial charge in [-0.2, -0.15) is 0 Å². The first-order valence-corrected chi connectivity index (χ1v) is 14.9. The van der Waals surface area contributed by atoms with Crippen LogP contribution >= 0.6 is 0 Å². The average Bonchev–Trinajstić information content (AvgIpc) is 3.45. The van der Waals surface area contributed by atoms with Crippen molar-refractivity contribution in [3.63, 3.8) is 0 Å². The molecule has 3 atom stereocenters. The van der Waals surface area contributed by atoms with Gasteiger partial charge in [-0.05, 0) is 112 Å². The predicted molar refractivity (Wildman–Crippen MR) is 145 cm³/mol. The molecule has 3 amide bonds. The number of fused-ring (bicyclic) bond motifs is 1. The van der Waals surface area contributed by atoms with E-state index in [4.69, 9.17) is 0 Å². The summed E-state index contributed by atoms with van der Waals surface area (Å²) in [4.78, 5) is 38.4. The normalized spacial score (nSPS) is 31.4. The first-order chi connectivity index (χ1) is 18.5. The van der Waals surface area contributed by atoms with Crippen molar-refractivity contribution in [1.82, 2.24) is 26.2 Å². The molecule has 0 radical (unpaired) electrons. The van der Waals surface area contributed by atoms with Gasteiger partial charge in [0.05, 0.1) is 0 Å². The van der Waals surface area contributed by atoms with E-state index >= 15 is 0 Å². The molecule has 2 heterocycles. The Morgan fingerprint density at radius 1 is 0.921 bits per heavy atom. The van der Waals surface area contributed by atoms with Gasteiger partial charge in [0.2, 0.25) is 11.8 Å². The summed E-state index contributed by atoms with van der Waals surface area (Å²) in [5.74, 6) is 2.27. The molecule has 1 aromatic rings. The highest BCUT2D eigenvalue weighted by atomic mass is 16.2. The fourth-order valence-electron chi connectivity index (χ4n) is 8.36. The third-order valence-electron chi connectivity index (χ3n) is 9.95. The minimum absolute atomic E-state index is 0.0975. The van der Waals surface area contributed by atoms with Crippen LogP contribution in [0.3, 0.4) is 0 Å². The first-order valence-electron chi connectivity index (χ1n) is 14.9. The van der Waals surface area contributed by atoms with E-state index in [1.54, 1.807) is 4.90 Å². The van der Waals surface area contributed by atoms with Gasteiger partial charge < -0.3 is 20.9 Å². The van der Waals surface area contributed by atoms with Crippen LogP contribution < -0.4 is 21.3 Å². The number of amides is 3. The number of hydrogen-bond donors (Lipinski definition) is 4. The van der Waals surface area contributed by atoms with Crippen molar-refractivity contribution in [2.45, 2.75) is 82.3 Å². The molecule has 2 aliphatic heterocycles. The number of nitrogens with one attached hydrogen (secondary N) is 4. The topological polar surface area (TPSA) is 103 Å². The predicted octanol–water partition coefficient (Wildman–Crippen LogP) is 2.12. The lowest BCUT2D eigenvalue weighted by Crippen LogP contribution is -2.52. The van der Waals surface area contributed by atoms with Gasteiger partial charge in [-0.15, -0.1) is 0 Å². The zero-order valence-electron chi connectivity index (χ0n) is 22.5. The van der Waals surface area contributed by atoms with Gasteiger partial charge in [0.15, 0.2) is 0 Å². The highest BCUT2D eigenvalue weighted by Gasteiger charge is 2.57. The Kier molecular flexibility index (Phi) is 7.56. The van der Waals surface area contributed by atoms with E-state index in [2.05, 4.69) is 27.3 Å². The second-order valence-electron chi connectivity index (χ2n) is 12.4. The van der Waals surface area contributed by atoms with E-state index in [1.165, 1.54) is 37.7 Å². The smallest absolute Gasteiger partial charge is 0.255 e. The molecule has 5 fully saturated rings. The van der Waals surface area contributed by atoms with Crippen LogP contribution in [0, 0.1) is 17.8 Å². The molecule has 4 bridgehead atoms. The van der Waals surface area contributed by atoms with Crippen molar-refractivity contribution in [3.8, 4) is 0 Å². The number of hydrogen-bond acceptors (Lipinski definition) is 6. The van der Waals surface area contributed by atoms with Crippen molar-refractivity contribution in [3.05, 3.63) is 34.9 Å². The lowest BCUT2D eigenvalue weighted by atomic mass is 9.80. The minimum Gasteiger partial charge on any atom is -0.322 e. The molecule has 1 aromatic carbocycles. The maximum Gasteiger partial charge on any atom is 0.255 e. The van der Waals surface area contributed by atoms with Crippen LogP contribution in [0.15, 0.2) is 18.2 Å². The van der Waals surface area contributed by atoms with E-state index < -0.39 is 6.04 Å². The molecule has 3 unspecified atom stereocenters. The molecular weight excluding hydrogens is 478 g/mol. The molecular formula is C30H43N5O3.